The molecule has 1 aromatic carbocycles. The van der Waals surface area contributed by atoms with Gasteiger partial charge in [-0.25, -0.2) is 8.42 Å². The van der Waals surface area contributed by atoms with Gasteiger partial charge >= 0.3 is 0 Å². The van der Waals surface area contributed by atoms with Crippen LogP contribution in [0, 0.1) is 0 Å². The van der Waals surface area contributed by atoms with Gasteiger partial charge in [0.1, 0.15) is 5.82 Å². The first-order valence-corrected chi connectivity index (χ1v) is 12.4. The molecule has 0 bridgehead atoms. The van der Waals surface area contributed by atoms with E-state index in [2.05, 4.69) is 14.8 Å². The molecule has 0 spiro atoms. The van der Waals surface area contributed by atoms with Gasteiger partial charge in [0, 0.05) is 39.1 Å². The molecule has 0 atom stereocenters. The molecule has 0 aliphatic carbocycles. The van der Waals surface area contributed by atoms with Gasteiger partial charge < -0.3 is 9.47 Å². The number of hydrogen-bond donors (Lipinski definition) is 0. The number of hydrogen-bond acceptors (Lipinski definition) is 6. The molecule has 2 aromatic rings. The molecule has 0 radical (unpaired) electrons. The van der Waals surface area contributed by atoms with E-state index in [1.165, 1.54) is 22.5 Å². The molecule has 3 heterocycles. The highest BCUT2D eigenvalue weighted by Crippen LogP contribution is 2.23. The van der Waals surface area contributed by atoms with Gasteiger partial charge in [-0.05, 0) is 25.0 Å². The van der Waals surface area contributed by atoms with Gasteiger partial charge in [0.2, 0.25) is 15.9 Å². The number of benzene rings is 1. The van der Waals surface area contributed by atoms with Crippen molar-refractivity contribution in [3.8, 4) is 0 Å². The quantitative estimate of drug-likeness (QED) is 0.664. The summed E-state index contributed by atoms with van der Waals surface area (Å²) in [6.07, 6.45) is 4.39. The van der Waals surface area contributed by atoms with Crippen molar-refractivity contribution in [1.82, 2.24) is 24.0 Å². The average molecular weight is 436 g/mol. The molecular formula is C19H25N5O3S2. The molecule has 8 nitrogen and oxygen atoms in total. The van der Waals surface area contributed by atoms with Crippen LogP contribution < -0.4 is 0 Å². The molecular weight excluding hydrogens is 410 g/mol. The summed E-state index contributed by atoms with van der Waals surface area (Å²) < 4.78 is 29.0. The number of piperazine rings is 1. The Morgan fingerprint density at radius 3 is 2.48 bits per heavy atom. The summed E-state index contributed by atoms with van der Waals surface area (Å²) in [5, 5.41) is 9.33. The van der Waals surface area contributed by atoms with Crippen LogP contribution in [-0.2, 0) is 27.8 Å². The van der Waals surface area contributed by atoms with E-state index in [1.54, 1.807) is 35.2 Å². The topological polar surface area (TPSA) is 88.4 Å². The minimum Gasteiger partial charge on any atom is -0.339 e. The average Bonchev–Trinajstić information content (AvgIpc) is 2.98. The summed E-state index contributed by atoms with van der Waals surface area (Å²) in [6.45, 7) is 2.35. The van der Waals surface area contributed by atoms with Gasteiger partial charge in [-0.15, -0.1) is 10.2 Å². The van der Waals surface area contributed by atoms with E-state index in [-0.39, 0.29) is 5.91 Å². The van der Waals surface area contributed by atoms with Crippen molar-refractivity contribution >= 4 is 27.7 Å². The van der Waals surface area contributed by atoms with Gasteiger partial charge in [0.15, 0.2) is 5.16 Å². The normalized spacial score (nSPS) is 18.3. The maximum Gasteiger partial charge on any atom is 0.243 e. The molecule has 0 saturated carbocycles. The van der Waals surface area contributed by atoms with Crippen LogP contribution in [0.5, 0.6) is 0 Å². The van der Waals surface area contributed by atoms with E-state index in [9.17, 15) is 13.2 Å². The van der Waals surface area contributed by atoms with Crippen LogP contribution >= 0.6 is 11.8 Å². The van der Waals surface area contributed by atoms with Crippen LogP contribution in [0.2, 0.25) is 0 Å². The Morgan fingerprint density at radius 1 is 0.966 bits per heavy atom. The van der Waals surface area contributed by atoms with Crippen LogP contribution in [0.25, 0.3) is 0 Å². The van der Waals surface area contributed by atoms with E-state index in [0.717, 1.165) is 36.8 Å². The number of aromatic nitrogens is 3. The molecule has 156 valence electrons. The van der Waals surface area contributed by atoms with Gasteiger partial charge in [-0.3, -0.25) is 4.79 Å². The van der Waals surface area contributed by atoms with Crippen molar-refractivity contribution in [1.29, 1.82) is 0 Å². The van der Waals surface area contributed by atoms with Crippen molar-refractivity contribution in [3.63, 3.8) is 0 Å². The van der Waals surface area contributed by atoms with Gasteiger partial charge in [0.05, 0.1) is 10.6 Å². The van der Waals surface area contributed by atoms with E-state index in [4.69, 9.17) is 0 Å². The zero-order chi connectivity index (χ0) is 20.3. The second-order valence-electron chi connectivity index (χ2n) is 7.25. The van der Waals surface area contributed by atoms with Crippen LogP contribution in [0.15, 0.2) is 40.4 Å². The number of sulfonamides is 1. The Labute approximate surface area is 175 Å². The van der Waals surface area contributed by atoms with Crippen molar-refractivity contribution in [3.05, 3.63) is 36.2 Å². The summed E-state index contributed by atoms with van der Waals surface area (Å²) in [4.78, 5) is 14.7. The molecule has 1 saturated heterocycles. The number of aryl methyl sites for hydroxylation is 1. The highest BCUT2D eigenvalue weighted by molar-refractivity contribution is 7.99. The predicted molar refractivity (Wildman–Crippen MR) is 110 cm³/mol. The summed E-state index contributed by atoms with van der Waals surface area (Å²) in [5.74, 6) is 1.32. The van der Waals surface area contributed by atoms with Crippen LogP contribution in [0.4, 0.5) is 0 Å². The Kier molecular flexibility index (Phi) is 6.21. The molecule has 0 N–H and O–H groups in total. The predicted octanol–water partition coefficient (Wildman–Crippen LogP) is 1.63. The third-order valence-corrected chi connectivity index (χ3v) is 8.24. The minimum absolute atomic E-state index is 0.0118. The number of thioether (sulfide) groups is 1. The summed E-state index contributed by atoms with van der Waals surface area (Å²) >= 11 is 1.42. The van der Waals surface area contributed by atoms with Crippen molar-refractivity contribution in [2.24, 2.45) is 0 Å². The molecule has 2 aliphatic rings. The fourth-order valence-electron chi connectivity index (χ4n) is 3.70. The largest absolute Gasteiger partial charge is 0.339 e. The minimum atomic E-state index is -3.50. The number of carbonyl (C=O) groups excluding carboxylic acids is 1. The molecule has 10 heteroatoms. The molecule has 29 heavy (non-hydrogen) atoms. The third-order valence-electron chi connectivity index (χ3n) is 5.37. The van der Waals surface area contributed by atoms with E-state index in [0.29, 0.717) is 36.8 Å². The smallest absolute Gasteiger partial charge is 0.243 e. The Morgan fingerprint density at radius 2 is 1.72 bits per heavy atom. The molecule has 1 fully saturated rings. The first-order valence-electron chi connectivity index (χ1n) is 9.93. The van der Waals surface area contributed by atoms with E-state index < -0.39 is 10.0 Å². The lowest BCUT2D eigenvalue weighted by molar-refractivity contribution is -0.129. The third kappa shape index (κ3) is 4.49. The maximum absolute atomic E-state index is 12.7. The Hall–Kier alpha value is -1.91. The summed E-state index contributed by atoms with van der Waals surface area (Å²) in [7, 11) is -3.50. The second kappa shape index (κ2) is 8.85. The van der Waals surface area contributed by atoms with Gasteiger partial charge in [-0.1, -0.05) is 36.4 Å². The monoisotopic (exact) mass is 435 g/mol. The van der Waals surface area contributed by atoms with Crippen LogP contribution in [0.1, 0.15) is 25.1 Å². The molecule has 1 amide bonds. The SMILES string of the molecule is O=C(CSc1nnc2n1CCCCC2)N1CCN(S(=O)(=O)c2ccccc2)CC1. The molecule has 2 aliphatic heterocycles. The standard InChI is InChI=1S/C19H25N5O3S2/c25-18(15-28-19-21-20-17-9-5-2-6-10-24(17)19)22-11-13-23(14-12-22)29(26,27)16-7-3-1-4-8-16/h1,3-4,7-8H,2,5-6,9-15H2. The van der Waals surface area contributed by atoms with Crippen LogP contribution in [-0.4, -0.2) is 70.2 Å². The van der Waals surface area contributed by atoms with Crippen molar-refractivity contribution in [2.75, 3.05) is 31.9 Å². The summed E-state index contributed by atoms with van der Waals surface area (Å²) in [6, 6.07) is 8.43. The summed E-state index contributed by atoms with van der Waals surface area (Å²) in [5.41, 5.74) is 0. The molecule has 0 unspecified atom stereocenters. The Bertz CT molecular complexity index is 953. The number of amides is 1. The van der Waals surface area contributed by atoms with Crippen molar-refractivity contribution < 1.29 is 13.2 Å². The van der Waals surface area contributed by atoms with E-state index in [1.807, 2.05) is 0 Å². The van der Waals surface area contributed by atoms with Gasteiger partial charge in [0.25, 0.3) is 0 Å². The highest BCUT2D eigenvalue weighted by Gasteiger charge is 2.30. The fourth-order valence-corrected chi connectivity index (χ4v) is 6.03. The lowest BCUT2D eigenvalue weighted by Gasteiger charge is -2.34. The van der Waals surface area contributed by atoms with Gasteiger partial charge in [-0.2, -0.15) is 4.31 Å². The number of carbonyl (C=O) groups is 1. The molecule has 4 rings (SSSR count). The second-order valence-corrected chi connectivity index (χ2v) is 10.1. The first kappa shape index (κ1) is 20.4. The van der Waals surface area contributed by atoms with Crippen molar-refractivity contribution in [2.45, 2.75) is 42.3 Å². The maximum atomic E-state index is 12.7. The number of nitrogens with zero attached hydrogens (tertiary/aromatic N) is 5. The fraction of sp³-hybridized carbons (Fsp3) is 0.526. The lowest BCUT2D eigenvalue weighted by atomic mass is 10.2. The molecule has 1 aromatic heterocycles. The zero-order valence-corrected chi connectivity index (χ0v) is 17.9. The van der Waals surface area contributed by atoms with Crippen LogP contribution in [0.3, 0.4) is 0 Å². The van der Waals surface area contributed by atoms with E-state index >= 15 is 0 Å². The Balaban J connectivity index is 1.31. The number of rotatable bonds is 5. The zero-order valence-electron chi connectivity index (χ0n) is 16.2. The number of fused-ring (bicyclic) bond motifs is 1. The highest BCUT2D eigenvalue weighted by atomic mass is 32.2. The first-order chi connectivity index (χ1) is 14.1. The lowest BCUT2D eigenvalue weighted by Crippen LogP contribution is -2.50.